The highest BCUT2D eigenvalue weighted by molar-refractivity contribution is 7.91. The van der Waals surface area contributed by atoms with E-state index in [4.69, 9.17) is 29.0 Å². The number of benzene rings is 3. The van der Waals surface area contributed by atoms with Gasteiger partial charge in [-0.2, -0.15) is 0 Å². The van der Waals surface area contributed by atoms with Gasteiger partial charge in [-0.15, -0.1) is 0 Å². The molecular weight excluding hydrogens is 548 g/mol. The number of rotatable bonds is 12. The number of carbonyl (C=O) groups is 1. The molecule has 0 saturated carbocycles. The number of hydrogen-bond acceptors (Lipinski definition) is 9. The van der Waals surface area contributed by atoms with E-state index in [0.29, 0.717) is 35.8 Å². The van der Waals surface area contributed by atoms with Crippen LogP contribution in [0.3, 0.4) is 0 Å². The lowest BCUT2D eigenvalue weighted by molar-refractivity contribution is -0.128. The minimum absolute atomic E-state index is 0.0411. The summed E-state index contributed by atoms with van der Waals surface area (Å²) in [7, 11) is -3.69. The Bertz CT molecular complexity index is 1510. The number of fused-ring (bicyclic) bond motifs is 1. The van der Waals surface area contributed by atoms with Crippen molar-refractivity contribution in [2.24, 2.45) is 4.99 Å². The fourth-order valence-electron chi connectivity index (χ4n) is 4.67. The summed E-state index contributed by atoms with van der Waals surface area (Å²) in [5.41, 5.74) is -0.0611. The van der Waals surface area contributed by atoms with Crippen molar-refractivity contribution in [3.8, 4) is 17.2 Å². The highest BCUT2D eigenvalue weighted by atomic mass is 32.2. The van der Waals surface area contributed by atoms with E-state index in [1.807, 2.05) is 6.07 Å². The maximum absolute atomic E-state index is 13.8. The van der Waals surface area contributed by atoms with Crippen molar-refractivity contribution in [1.82, 2.24) is 5.32 Å². The van der Waals surface area contributed by atoms with Gasteiger partial charge in [0.05, 0.1) is 17.3 Å². The van der Waals surface area contributed by atoms with Crippen LogP contribution in [0.15, 0.2) is 82.7 Å². The number of aliphatic hydroxyl groups is 1. The highest BCUT2D eigenvalue weighted by Gasteiger charge is 2.50. The first-order valence-electron chi connectivity index (χ1n) is 13.4. The summed E-state index contributed by atoms with van der Waals surface area (Å²) in [4.78, 5) is 18.8. The van der Waals surface area contributed by atoms with E-state index in [1.54, 1.807) is 61.5 Å². The van der Waals surface area contributed by atoms with Crippen LogP contribution in [0.25, 0.3) is 0 Å². The minimum Gasteiger partial charge on any atom is -0.494 e. The van der Waals surface area contributed by atoms with Crippen molar-refractivity contribution in [3.05, 3.63) is 83.9 Å². The van der Waals surface area contributed by atoms with E-state index in [1.165, 1.54) is 12.1 Å². The molecule has 41 heavy (non-hydrogen) atoms. The molecule has 2 atom stereocenters. The largest absolute Gasteiger partial charge is 0.494 e. The Morgan fingerprint density at radius 1 is 1.07 bits per heavy atom. The van der Waals surface area contributed by atoms with Crippen LogP contribution < -0.4 is 19.5 Å². The fourth-order valence-corrected chi connectivity index (χ4v) is 6.06. The monoisotopic (exact) mass is 580 g/mol. The molecule has 11 heteroatoms. The van der Waals surface area contributed by atoms with Gasteiger partial charge in [0.15, 0.2) is 26.9 Å². The number of ether oxygens (including phenoxy) is 4. The number of hydrogen-bond donors (Lipinski definition) is 2. The molecule has 216 valence electrons. The second-order valence-corrected chi connectivity index (χ2v) is 11.9. The molecular formula is C30H32N2O8S. The van der Waals surface area contributed by atoms with Crippen molar-refractivity contribution >= 4 is 21.6 Å². The summed E-state index contributed by atoms with van der Waals surface area (Å²) in [6.07, 6.45) is -0.296. The normalized spacial score (nSPS) is 19.4. The molecule has 0 fully saturated rings. The maximum Gasteiger partial charge on any atom is 0.252 e. The molecule has 0 radical (unpaired) electrons. The first kappa shape index (κ1) is 28.4. The Balaban J connectivity index is 1.39. The molecule has 5 rings (SSSR count). The van der Waals surface area contributed by atoms with Gasteiger partial charge < -0.3 is 29.4 Å². The molecule has 2 heterocycles. The van der Waals surface area contributed by atoms with Crippen LogP contribution in [0.4, 0.5) is 0 Å². The standard InChI is InChI=1S/C30H32N2O8S/c1-21-30(14-17-41(35,36)25-6-3-2-4-7-25,29(34)31-19-22-8-13-26-27(18-22)39-20-38-26)32-28(40-21)23-9-11-24(12-10-23)37-16-5-15-33/h2-4,6-13,18,21,33H,5,14-17,19-20H2,1H3,(H,31,34)/t21-,30-/m1/s1. The van der Waals surface area contributed by atoms with E-state index in [9.17, 15) is 13.2 Å². The zero-order valence-corrected chi connectivity index (χ0v) is 23.4. The second kappa shape index (κ2) is 12.2. The molecule has 2 aliphatic heterocycles. The summed E-state index contributed by atoms with van der Waals surface area (Å²) in [6, 6.07) is 20.6. The molecule has 2 aliphatic rings. The van der Waals surface area contributed by atoms with Crippen molar-refractivity contribution in [2.75, 3.05) is 25.8 Å². The third kappa shape index (κ3) is 6.31. The summed E-state index contributed by atoms with van der Waals surface area (Å²) in [5.74, 6) is 1.37. The van der Waals surface area contributed by atoms with Crippen LogP contribution in [-0.4, -0.2) is 62.7 Å². The summed E-state index contributed by atoms with van der Waals surface area (Å²) in [6.45, 7) is 2.47. The van der Waals surface area contributed by atoms with Gasteiger partial charge in [0.25, 0.3) is 5.91 Å². The molecule has 0 bridgehead atoms. The summed E-state index contributed by atoms with van der Waals surface area (Å²) >= 11 is 0. The zero-order chi connectivity index (χ0) is 28.9. The van der Waals surface area contributed by atoms with Crippen LogP contribution in [0, 0.1) is 0 Å². The van der Waals surface area contributed by atoms with Crippen molar-refractivity contribution in [2.45, 2.75) is 42.8 Å². The predicted octanol–water partition coefficient (Wildman–Crippen LogP) is 3.26. The molecule has 0 saturated heterocycles. The van der Waals surface area contributed by atoms with Crippen molar-refractivity contribution < 1.29 is 37.3 Å². The third-order valence-corrected chi connectivity index (χ3v) is 8.80. The molecule has 3 aromatic rings. The van der Waals surface area contributed by atoms with E-state index in [-0.39, 0.29) is 42.9 Å². The first-order chi connectivity index (χ1) is 19.8. The number of aliphatic hydroxyl groups excluding tert-OH is 1. The number of aliphatic imine (C=N–C) groups is 1. The lowest BCUT2D eigenvalue weighted by atomic mass is 9.90. The third-order valence-electron chi connectivity index (χ3n) is 7.07. The number of nitrogens with one attached hydrogen (secondary N) is 1. The van der Waals surface area contributed by atoms with Crippen LogP contribution in [0.2, 0.25) is 0 Å². The molecule has 3 aromatic carbocycles. The van der Waals surface area contributed by atoms with E-state index in [0.717, 1.165) is 5.56 Å². The molecule has 1 amide bonds. The number of amides is 1. The van der Waals surface area contributed by atoms with E-state index in [2.05, 4.69) is 5.32 Å². The van der Waals surface area contributed by atoms with Crippen LogP contribution in [0.1, 0.15) is 30.9 Å². The highest BCUT2D eigenvalue weighted by Crippen LogP contribution is 2.35. The fraction of sp³-hybridized carbons (Fsp3) is 0.333. The Labute approximate surface area is 238 Å². The maximum atomic E-state index is 13.8. The number of carbonyl (C=O) groups excluding carboxylic acids is 1. The molecule has 0 unspecified atom stereocenters. The Kier molecular flexibility index (Phi) is 8.46. The number of sulfone groups is 1. The SMILES string of the molecule is C[C@H]1OC(c2ccc(OCCCO)cc2)=N[C@@]1(CCS(=O)(=O)c1ccccc1)C(=O)NCc1ccc2c(c1)OCO2. The molecule has 10 nitrogen and oxygen atoms in total. The summed E-state index contributed by atoms with van der Waals surface area (Å²) < 4.78 is 48.8. The van der Waals surface area contributed by atoms with Crippen LogP contribution in [-0.2, 0) is 25.9 Å². The molecule has 2 N–H and O–H groups in total. The van der Waals surface area contributed by atoms with Crippen molar-refractivity contribution in [3.63, 3.8) is 0 Å². The van der Waals surface area contributed by atoms with Crippen LogP contribution in [0.5, 0.6) is 17.2 Å². The molecule has 0 aliphatic carbocycles. The number of nitrogens with zero attached hydrogens (tertiary/aromatic N) is 1. The Morgan fingerprint density at radius 2 is 1.83 bits per heavy atom. The second-order valence-electron chi connectivity index (χ2n) is 9.80. The molecule has 0 aromatic heterocycles. The average Bonchev–Trinajstić information content (AvgIpc) is 3.60. The van der Waals surface area contributed by atoms with Crippen molar-refractivity contribution in [1.29, 1.82) is 0 Å². The zero-order valence-electron chi connectivity index (χ0n) is 22.6. The quantitative estimate of drug-likeness (QED) is 0.312. The minimum atomic E-state index is -3.69. The van der Waals surface area contributed by atoms with Gasteiger partial charge in [0, 0.05) is 25.1 Å². The lowest BCUT2D eigenvalue weighted by Gasteiger charge is -2.28. The van der Waals surface area contributed by atoms with Gasteiger partial charge >= 0.3 is 0 Å². The van der Waals surface area contributed by atoms with Gasteiger partial charge in [-0.1, -0.05) is 24.3 Å². The summed E-state index contributed by atoms with van der Waals surface area (Å²) in [5, 5.41) is 11.9. The Hall–Kier alpha value is -4.09. The topological polar surface area (TPSA) is 133 Å². The Morgan fingerprint density at radius 3 is 2.59 bits per heavy atom. The van der Waals surface area contributed by atoms with Gasteiger partial charge in [0.2, 0.25) is 12.7 Å². The van der Waals surface area contributed by atoms with E-state index >= 15 is 0 Å². The predicted molar refractivity (Wildman–Crippen MR) is 151 cm³/mol. The van der Waals surface area contributed by atoms with Crippen LogP contribution >= 0.6 is 0 Å². The first-order valence-corrected chi connectivity index (χ1v) is 15.0. The molecule has 0 spiro atoms. The lowest BCUT2D eigenvalue weighted by Crippen LogP contribution is -2.51. The van der Waals surface area contributed by atoms with Gasteiger partial charge in [0.1, 0.15) is 11.9 Å². The van der Waals surface area contributed by atoms with Gasteiger partial charge in [-0.25, -0.2) is 13.4 Å². The van der Waals surface area contributed by atoms with Gasteiger partial charge in [-0.05, 0) is 67.4 Å². The smallest absolute Gasteiger partial charge is 0.252 e. The van der Waals surface area contributed by atoms with Gasteiger partial charge in [-0.3, -0.25) is 4.79 Å². The van der Waals surface area contributed by atoms with E-state index < -0.39 is 27.4 Å². The average molecular weight is 581 g/mol.